The van der Waals surface area contributed by atoms with Gasteiger partial charge in [-0.1, -0.05) is 0 Å². The summed E-state index contributed by atoms with van der Waals surface area (Å²) in [5.74, 6) is 0. The van der Waals surface area contributed by atoms with E-state index in [9.17, 15) is 35.3 Å². The first kappa shape index (κ1) is 17.5. The van der Waals surface area contributed by atoms with Gasteiger partial charge in [0.1, 0.15) is 6.61 Å². The summed E-state index contributed by atoms with van der Waals surface area (Å²) in [7, 11) is -1.66. The van der Waals surface area contributed by atoms with E-state index < -0.39 is 45.7 Å². The van der Waals surface area contributed by atoms with Crippen molar-refractivity contribution in [2.45, 2.75) is 30.9 Å². The summed E-state index contributed by atoms with van der Waals surface area (Å²) in [6.07, 6.45) is -14.9. The van der Waals surface area contributed by atoms with Gasteiger partial charge in [-0.3, -0.25) is 0 Å². The lowest BCUT2D eigenvalue weighted by atomic mass is 9.98. The van der Waals surface area contributed by atoms with Crippen molar-refractivity contribution in [3.63, 3.8) is 0 Å². The molecule has 0 aliphatic carbocycles. The number of rotatable bonds is 6. The van der Waals surface area contributed by atoms with Crippen LogP contribution in [-0.4, -0.2) is 31.7 Å². The lowest BCUT2D eigenvalue weighted by Crippen LogP contribution is -2.53. The van der Waals surface area contributed by atoms with Crippen LogP contribution in [0.25, 0.3) is 0 Å². The minimum atomic E-state index is -6.07. The third kappa shape index (κ3) is 4.33. The summed E-state index contributed by atoms with van der Waals surface area (Å²) in [6.45, 7) is -0.749. The molecule has 0 heterocycles. The lowest BCUT2D eigenvalue weighted by molar-refractivity contribution is -0.343. The topological polar surface area (TPSA) is 35.5 Å². The zero-order valence-corrected chi connectivity index (χ0v) is 9.83. The second kappa shape index (κ2) is 6.12. The maximum atomic E-state index is 13.0. The lowest BCUT2D eigenvalue weighted by Gasteiger charge is -2.29. The molecule has 108 valence electrons. The molecular weight excluding hydrogens is 296 g/mol. The number of alkyl halides is 7. The van der Waals surface area contributed by atoms with Crippen LogP contribution in [0.4, 0.5) is 30.7 Å². The second-order valence-corrected chi connectivity index (χ2v) is 4.21. The van der Waals surface area contributed by atoms with Crippen molar-refractivity contribution in [3.8, 4) is 0 Å². The molecule has 0 aromatic rings. The van der Waals surface area contributed by atoms with Crippen LogP contribution < -0.4 is 0 Å². The molecule has 3 nitrogen and oxygen atoms in total. The molecule has 0 aromatic heterocycles. The van der Waals surface area contributed by atoms with Gasteiger partial charge in [0.15, 0.2) is 0 Å². The molecule has 0 rings (SSSR count). The maximum Gasteiger partial charge on any atom is 0.697 e. The molecule has 1 atom stereocenters. The Morgan fingerprint density at radius 3 is 1.78 bits per heavy atom. The van der Waals surface area contributed by atoms with Crippen LogP contribution in [0.1, 0.15) is 12.8 Å². The standard InChI is InChI=1S/C7H9F7O3P/c1-16-18(15)17-4-2-3-5(8,6(9,10)11)7(12,13)14/h2-4H2,1H3/q+1. The third-order valence-corrected chi connectivity index (χ3v) is 2.60. The molecule has 0 bridgehead atoms. The SMILES string of the molecule is CO[P+](=O)OCCCC(F)(C(F)(F)F)C(F)(F)F. The largest absolute Gasteiger partial charge is 0.697 e. The zero-order chi connectivity index (χ0) is 14.6. The van der Waals surface area contributed by atoms with E-state index in [1.807, 2.05) is 0 Å². The maximum absolute atomic E-state index is 13.0. The van der Waals surface area contributed by atoms with Crippen LogP contribution in [0.3, 0.4) is 0 Å². The highest BCUT2D eigenvalue weighted by Gasteiger charge is 2.71. The first-order valence-electron chi connectivity index (χ1n) is 4.42. The van der Waals surface area contributed by atoms with Gasteiger partial charge >= 0.3 is 20.6 Å². The Kier molecular flexibility index (Phi) is 5.96. The average molecular weight is 305 g/mol. The smallest absolute Gasteiger partial charge is 0.224 e. The minimum absolute atomic E-state index is 0.749. The van der Waals surface area contributed by atoms with Gasteiger partial charge in [-0.25, -0.2) is 4.39 Å². The van der Waals surface area contributed by atoms with E-state index in [4.69, 9.17) is 0 Å². The fraction of sp³-hybridized carbons (Fsp3) is 1.00. The molecule has 1 unspecified atom stereocenters. The average Bonchev–Trinajstić information content (AvgIpc) is 2.20. The number of halogens is 7. The van der Waals surface area contributed by atoms with Crippen LogP contribution >= 0.6 is 8.25 Å². The van der Waals surface area contributed by atoms with Crippen LogP contribution in [0.2, 0.25) is 0 Å². The summed E-state index contributed by atoms with van der Waals surface area (Å²) in [5, 5.41) is 0. The predicted octanol–water partition coefficient (Wildman–Crippen LogP) is 3.92. The molecule has 0 radical (unpaired) electrons. The van der Waals surface area contributed by atoms with E-state index in [1.54, 1.807) is 0 Å². The van der Waals surface area contributed by atoms with Crippen molar-refractivity contribution in [2.75, 3.05) is 13.7 Å². The molecule has 0 aliphatic rings. The minimum Gasteiger partial charge on any atom is -0.224 e. The summed E-state index contributed by atoms with van der Waals surface area (Å²) in [4.78, 5) is 0. The molecular formula is C7H9F7O3P+. The van der Waals surface area contributed by atoms with Crippen molar-refractivity contribution in [2.24, 2.45) is 0 Å². The number of hydrogen-bond donors (Lipinski definition) is 0. The van der Waals surface area contributed by atoms with Crippen LogP contribution in [0.15, 0.2) is 0 Å². The highest BCUT2D eigenvalue weighted by molar-refractivity contribution is 7.33. The van der Waals surface area contributed by atoms with Crippen molar-refractivity contribution < 1.29 is 44.3 Å². The van der Waals surface area contributed by atoms with Crippen molar-refractivity contribution in [3.05, 3.63) is 0 Å². The Hall–Kier alpha value is -0.470. The van der Waals surface area contributed by atoms with Crippen molar-refractivity contribution >= 4 is 8.25 Å². The Morgan fingerprint density at radius 2 is 1.44 bits per heavy atom. The Balaban J connectivity index is 4.52. The molecule has 0 saturated carbocycles. The normalized spacial score (nSPS) is 14.8. The van der Waals surface area contributed by atoms with E-state index in [0.29, 0.717) is 0 Å². The van der Waals surface area contributed by atoms with Crippen molar-refractivity contribution in [1.82, 2.24) is 0 Å². The Labute approximate surface area is 98.2 Å². The van der Waals surface area contributed by atoms with Gasteiger partial charge in [-0.15, -0.1) is 9.05 Å². The molecule has 0 spiro atoms. The molecule has 11 heteroatoms. The quantitative estimate of drug-likeness (QED) is 0.424. The third-order valence-electron chi connectivity index (χ3n) is 1.91. The zero-order valence-electron chi connectivity index (χ0n) is 8.94. The summed E-state index contributed by atoms with van der Waals surface area (Å²) < 4.78 is 104. The number of hydrogen-bond acceptors (Lipinski definition) is 3. The van der Waals surface area contributed by atoms with Crippen LogP contribution in [0.5, 0.6) is 0 Å². The molecule has 18 heavy (non-hydrogen) atoms. The molecule has 0 N–H and O–H groups in total. The fourth-order valence-electron chi connectivity index (χ4n) is 0.952. The second-order valence-electron chi connectivity index (χ2n) is 3.14. The van der Waals surface area contributed by atoms with E-state index >= 15 is 0 Å². The van der Waals surface area contributed by atoms with Gasteiger partial charge in [-0.2, -0.15) is 26.3 Å². The van der Waals surface area contributed by atoms with Crippen LogP contribution in [0, 0.1) is 0 Å². The highest BCUT2D eigenvalue weighted by Crippen LogP contribution is 2.48. The molecule has 0 amide bonds. The monoisotopic (exact) mass is 305 g/mol. The predicted molar refractivity (Wildman–Crippen MR) is 45.8 cm³/mol. The first-order chi connectivity index (χ1) is 7.95. The van der Waals surface area contributed by atoms with E-state index in [0.717, 1.165) is 7.11 Å². The summed E-state index contributed by atoms with van der Waals surface area (Å²) in [5.41, 5.74) is -5.30. The fourth-order valence-corrected chi connectivity index (χ4v) is 1.34. The van der Waals surface area contributed by atoms with Gasteiger partial charge in [0.05, 0.1) is 7.11 Å². The molecule has 0 fully saturated rings. The first-order valence-corrected chi connectivity index (χ1v) is 5.52. The van der Waals surface area contributed by atoms with Gasteiger partial charge < -0.3 is 0 Å². The van der Waals surface area contributed by atoms with Crippen molar-refractivity contribution in [1.29, 1.82) is 0 Å². The summed E-state index contributed by atoms with van der Waals surface area (Å²) in [6, 6.07) is 0. The Morgan fingerprint density at radius 1 is 1.00 bits per heavy atom. The van der Waals surface area contributed by atoms with E-state index in [2.05, 4.69) is 9.05 Å². The summed E-state index contributed by atoms with van der Waals surface area (Å²) >= 11 is 0. The Bertz CT molecular complexity index is 274. The van der Waals surface area contributed by atoms with Gasteiger partial charge in [0.25, 0.3) is 5.67 Å². The van der Waals surface area contributed by atoms with Gasteiger partial charge in [-0.05, 0) is 6.42 Å². The van der Waals surface area contributed by atoms with E-state index in [-0.39, 0.29) is 0 Å². The molecule has 0 aliphatic heterocycles. The highest BCUT2D eigenvalue weighted by atomic mass is 31.1. The van der Waals surface area contributed by atoms with E-state index in [1.165, 1.54) is 0 Å². The molecule has 0 aromatic carbocycles. The molecule has 0 saturated heterocycles. The van der Waals surface area contributed by atoms with Gasteiger partial charge in [0, 0.05) is 11.0 Å². The van der Waals surface area contributed by atoms with Gasteiger partial charge in [0.2, 0.25) is 0 Å². The van der Waals surface area contributed by atoms with Crippen LogP contribution in [-0.2, 0) is 13.6 Å².